The first-order valence-electron chi connectivity index (χ1n) is 10.6. The van der Waals surface area contributed by atoms with E-state index < -0.39 is 37.6 Å². The Hall–Kier alpha value is -3.80. The van der Waals surface area contributed by atoms with Crippen LogP contribution in [0.4, 0.5) is 17.1 Å². The van der Waals surface area contributed by atoms with E-state index in [9.17, 15) is 30.3 Å². The number of benzene rings is 2. The predicted molar refractivity (Wildman–Crippen MR) is 124 cm³/mol. The van der Waals surface area contributed by atoms with Crippen molar-refractivity contribution in [1.82, 2.24) is 4.90 Å². The zero-order valence-electron chi connectivity index (χ0n) is 19.5. The average Bonchev–Trinajstić information content (AvgIpc) is 2.79. The number of likely N-dealkylation sites (tertiary alicyclic amines) is 1. The largest absolute Gasteiger partial charge is 0.497 e. The smallest absolute Gasteiger partial charge is 0.324 e. The Kier molecular flexibility index (Phi) is 8.46. The maximum Gasteiger partial charge on any atom is 0.324 e. The molecule has 2 unspecified atom stereocenters. The topological polar surface area (TPSA) is 162 Å². The lowest BCUT2D eigenvalue weighted by molar-refractivity contribution is -0.404. The summed E-state index contributed by atoms with van der Waals surface area (Å²) >= 11 is 0. The highest BCUT2D eigenvalue weighted by Crippen LogP contribution is 2.43. The molecule has 0 amide bonds. The minimum atomic E-state index is -1.21. The number of hydrogen-bond donors (Lipinski definition) is 1. The standard InChI is InChI=1S/C16H25NO.C6H3N3O7/c1-5-16(9-10-17(3)12-13(16)2)14-7-6-8-15(11-14)18-4;10-6-4(8(13)14)1-3(7(11)12)2-5(6)9(15)16/h6-8,11,13H,5,9-10,12H2,1-4H3;1-2,10H. The van der Waals surface area contributed by atoms with Crippen LogP contribution in [0.25, 0.3) is 0 Å². The van der Waals surface area contributed by atoms with Crippen molar-refractivity contribution in [2.24, 2.45) is 5.92 Å². The summed E-state index contributed by atoms with van der Waals surface area (Å²) < 4.78 is 5.38. The van der Waals surface area contributed by atoms with Gasteiger partial charge in [-0.05, 0) is 50.0 Å². The summed E-state index contributed by atoms with van der Waals surface area (Å²) in [4.78, 5) is 30.2. The van der Waals surface area contributed by atoms with Gasteiger partial charge in [-0.25, -0.2) is 0 Å². The molecule has 2 atom stereocenters. The van der Waals surface area contributed by atoms with E-state index in [2.05, 4.69) is 44.0 Å². The monoisotopic (exact) mass is 476 g/mol. The van der Waals surface area contributed by atoms with E-state index >= 15 is 0 Å². The molecule has 2 aromatic carbocycles. The number of nitro benzene ring substituents is 3. The number of non-ortho nitro benzene ring substituents is 1. The zero-order valence-corrected chi connectivity index (χ0v) is 19.5. The lowest BCUT2D eigenvalue weighted by Crippen LogP contribution is -2.47. The molecule has 0 spiro atoms. The van der Waals surface area contributed by atoms with Crippen LogP contribution in [0, 0.1) is 36.3 Å². The van der Waals surface area contributed by atoms with Gasteiger partial charge >= 0.3 is 11.4 Å². The molecule has 184 valence electrons. The van der Waals surface area contributed by atoms with Crippen LogP contribution in [0.5, 0.6) is 11.5 Å². The molecule has 0 radical (unpaired) electrons. The normalized spacial score (nSPS) is 20.1. The lowest BCUT2D eigenvalue weighted by Gasteiger charge is -2.46. The first-order chi connectivity index (χ1) is 16.0. The fourth-order valence-electron chi connectivity index (χ4n) is 4.43. The number of piperidine rings is 1. The molecule has 34 heavy (non-hydrogen) atoms. The zero-order chi connectivity index (χ0) is 25.6. The Bertz CT molecular complexity index is 1040. The number of aromatic hydroxyl groups is 1. The SMILES string of the molecule is CCC1(c2cccc(OC)c2)CCN(C)CC1C.O=[N+]([O-])c1cc([N+](=O)[O-])c(O)c([N+](=O)[O-])c1. The van der Waals surface area contributed by atoms with E-state index in [1.165, 1.54) is 31.5 Å². The molecule has 1 aliphatic rings. The maximum atomic E-state index is 10.4. The van der Waals surface area contributed by atoms with Crippen LogP contribution in [-0.2, 0) is 5.41 Å². The van der Waals surface area contributed by atoms with E-state index in [1.807, 2.05) is 6.07 Å². The average molecular weight is 476 g/mol. The van der Waals surface area contributed by atoms with E-state index in [1.54, 1.807) is 7.11 Å². The Morgan fingerprint density at radius 1 is 1.09 bits per heavy atom. The van der Waals surface area contributed by atoms with Gasteiger partial charge in [0.1, 0.15) is 5.75 Å². The molecular formula is C22H28N4O8. The van der Waals surface area contributed by atoms with Crippen molar-refractivity contribution in [3.05, 3.63) is 72.3 Å². The van der Waals surface area contributed by atoms with Gasteiger partial charge in [0.2, 0.25) is 0 Å². The summed E-state index contributed by atoms with van der Waals surface area (Å²) in [5.74, 6) is 0.459. The molecule has 0 aromatic heterocycles. The first kappa shape index (κ1) is 26.5. The van der Waals surface area contributed by atoms with E-state index in [-0.39, 0.29) is 0 Å². The molecule has 3 rings (SSSR count). The van der Waals surface area contributed by atoms with Gasteiger partial charge in [0.05, 0.1) is 34.0 Å². The maximum absolute atomic E-state index is 10.4. The summed E-state index contributed by atoms with van der Waals surface area (Å²) in [6.45, 7) is 7.08. The summed E-state index contributed by atoms with van der Waals surface area (Å²) in [6, 6.07) is 9.55. The van der Waals surface area contributed by atoms with Crippen molar-refractivity contribution in [1.29, 1.82) is 0 Å². The van der Waals surface area contributed by atoms with Gasteiger partial charge in [0.25, 0.3) is 11.4 Å². The van der Waals surface area contributed by atoms with Gasteiger partial charge in [-0.3, -0.25) is 30.3 Å². The lowest BCUT2D eigenvalue weighted by atomic mass is 9.65. The Morgan fingerprint density at radius 2 is 1.68 bits per heavy atom. The number of methoxy groups -OCH3 is 1. The molecule has 0 aliphatic carbocycles. The molecule has 0 bridgehead atoms. The molecule has 0 saturated carbocycles. The molecule has 1 heterocycles. The van der Waals surface area contributed by atoms with Crippen molar-refractivity contribution in [2.45, 2.75) is 32.1 Å². The van der Waals surface area contributed by atoms with Crippen LogP contribution in [0.15, 0.2) is 36.4 Å². The second-order valence-electron chi connectivity index (χ2n) is 8.26. The van der Waals surface area contributed by atoms with Crippen LogP contribution >= 0.6 is 0 Å². The van der Waals surface area contributed by atoms with Gasteiger partial charge in [-0.1, -0.05) is 26.0 Å². The molecule has 12 nitrogen and oxygen atoms in total. The minimum Gasteiger partial charge on any atom is -0.497 e. The molecule has 1 aliphatic heterocycles. The predicted octanol–water partition coefficient (Wildman–Crippen LogP) is 4.43. The highest BCUT2D eigenvalue weighted by molar-refractivity contribution is 5.64. The van der Waals surface area contributed by atoms with Crippen molar-refractivity contribution < 1.29 is 24.6 Å². The molecule has 1 fully saturated rings. The molecule has 1 saturated heterocycles. The Balaban J connectivity index is 0.000000242. The van der Waals surface area contributed by atoms with Crippen molar-refractivity contribution in [2.75, 3.05) is 27.2 Å². The van der Waals surface area contributed by atoms with Crippen molar-refractivity contribution >= 4 is 17.1 Å². The molecule has 2 aromatic rings. The fourth-order valence-corrected chi connectivity index (χ4v) is 4.43. The Labute approximate surface area is 196 Å². The molecule has 1 N–H and O–H groups in total. The summed E-state index contributed by atoms with van der Waals surface area (Å²) in [6.07, 6.45) is 2.45. The molecular weight excluding hydrogens is 448 g/mol. The fraction of sp³-hybridized carbons (Fsp3) is 0.455. The van der Waals surface area contributed by atoms with Crippen molar-refractivity contribution in [3.8, 4) is 11.5 Å². The number of ether oxygens (including phenoxy) is 1. The number of rotatable bonds is 6. The van der Waals surface area contributed by atoms with E-state index in [0.29, 0.717) is 23.5 Å². The van der Waals surface area contributed by atoms with Gasteiger partial charge in [0.15, 0.2) is 0 Å². The number of phenols is 1. The third kappa shape index (κ3) is 5.57. The second-order valence-corrected chi connectivity index (χ2v) is 8.26. The number of nitrogens with zero attached hydrogens (tertiary/aromatic N) is 4. The van der Waals surface area contributed by atoms with Crippen LogP contribution in [0.3, 0.4) is 0 Å². The van der Waals surface area contributed by atoms with Crippen molar-refractivity contribution in [3.63, 3.8) is 0 Å². The summed E-state index contributed by atoms with van der Waals surface area (Å²) in [5.41, 5.74) is -1.23. The molecule has 12 heteroatoms. The number of phenolic OH excluding ortho intramolecular Hbond substituents is 1. The summed E-state index contributed by atoms with van der Waals surface area (Å²) in [5, 5.41) is 40.2. The highest BCUT2D eigenvalue weighted by Gasteiger charge is 2.39. The van der Waals surface area contributed by atoms with E-state index in [4.69, 9.17) is 9.84 Å². The van der Waals surface area contributed by atoms with Crippen LogP contribution in [0.1, 0.15) is 32.3 Å². The van der Waals surface area contributed by atoms with Gasteiger partial charge in [-0.2, -0.15) is 0 Å². The first-order valence-corrected chi connectivity index (χ1v) is 10.6. The minimum absolute atomic E-state index is 0.320. The third-order valence-electron chi connectivity index (χ3n) is 6.40. The van der Waals surface area contributed by atoms with Gasteiger partial charge in [0, 0.05) is 12.0 Å². The second kappa shape index (κ2) is 10.9. The van der Waals surface area contributed by atoms with E-state index in [0.717, 1.165) is 5.75 Å². The summed E-state index contributed by atoms with van der Waals surface area (Å²) in [7, 11) is 3.97. The van der Waals surface area contributed by atoms with Gasteiger partial charge < -0.3 is 14.7 Å². The number of nitro groups is 3. The Morgan fingerprint density at radius 3 is 2.12 bits per heavy atom. The third-order valence-corrected chi connectivity index (χ3v) is 6.40. The van der Waals surface area contributed by atoms with Crippen LogP contribution in [0.2, 0.25) is 0 Å². The van der Waals surface area contributed by atoms with Crippen LogP contribution in [-0.4, -0.2) is 52.0 Å². The van der Waals surface area contributed by atoms with Gasteiger partial charge in [-0.15, -0.1) is 0 Å². The number of hydrogen-bond acceptors (Lipinski definition) is 9. The highest BCUT2D eigenvalue weighted by atomic mass is 16.6. The quantitative estimate of drug-likeness (QED) is 0.469. The van der Waals surface area contributed by atoms with Crippen LogP contribution < -0.4 is 4.74 Å².